The molecule has 0 atom stereocenters. The van der Waals surface area contributed by atoms with Crippen LogP contribution in [-0.2, 0) is 4.79 Å². The van der Waals surface area contributed by atoms with Crippen molar-refractivity contribution < 1.29 is 19.4 Å². The summed E-state index contributed by atoms with van der Waals surface area (Å²) in [6.45, 7) is 0.354. The van der Waals surface area contributed by atoms with Gasteiger partial charge in [0.25, 0.3) is 5.91 Å². The summed E-state index contributed by atoms with van der Waals surface area (Å²) in [5.74, 6) is 0.302. The minimum absolute atomic E-state index is 0.162. The molecule has 7 heteroatoms. The number of ether oxygens (including phenoxy) is 1. The van der Waals surface area contributed by atoms with E-state index in [9.17, 15) is 14.7 Å². The highest BCUT2D eigenvalue weighted by Gasteiger charge is 2.58. The maximum Gasteiger partial charge on any atom is 0.325 e. The third kappa shape index (κ3) is 2.56. The van der Waals surface area contributed by atoms with Gasteiger partial charge in [0.1, 0.15) is 17.9 Å². The molecule has 1 saturated heterocycles. The van der Waals surface area contributed by atoms with E-state index in [4.69, 9.17) is 16.3 Å². The van der Waals surface area contributed by atoms with Crippen LogP contribution in [0.3, 0.4) is 0 Å². The van der Waals surface area contributed by atoms with E-state index in [1.807, 2.05) is 0 Å². The van der Waals surface area contributed by atoms with Gasteiger partial charge < -0.3 is 15.2 Å². The molecule has 0 unspecified atom stereocenters. The number of rotatable bonds is 4. The Balaban J connectivity index is 1.56. The van der Waals surface area contributed by atoms with Gasteiger partial charge in [0.15, 0.2) is 0 Å². The van der Waals surface area contributed by atoms with Crippen LogP contribution in [0.15, 0.2) is 24.3 Å². The molecule has 6 nitrogen and oxygen atoms in total. The van der Waals surface area contributed by atoms with Gasteiger partial charge in [0, 0.05) is 17.9 Å². The predicted octanol–water partition coefficient (Wildman–Crippen LogP) is 1.16. The normalized spacial score (nSPS) is 27.7. The van der Waals surface area contributed by atoms with Gasteiger partial charge in [-0.3, -0.25) is 9.69 Å². The summed E-state index contributed by atoms with van der Waals surface area (Å²) in [7, 11) is 0. The lowest BCUT2D eigenvalue weighted by Gasteiger charge is -2.39. The van der Waals surface area contributed by atoms with Crippen LogP contribution >= 0.6 is 11.6 Å². The molecule has 0 aromatic heterocycles. The number of aliphatic hydroxyl groups is 1. The van der Waals surface area contributed by atoms with Gasteiger partial charge in [-0.15, -0.1) is 0 Å². The van der Waals surface area contributed by atoms with Gasteiger partial charge in [-0.2, -0.15) is 0 Å². The van der Waals surface area contributed by atoms with Crippen molar-refractivity contribution in [1.82, 2.24) is 10.2 Å². The molecule has 1 aliphatic heterocycles. The van der Waals surface area contributed by atoms with Crippen LogP contribution in [0.5, 0.6) is 5.75 Å². The molecule has 1 heterocycles. The van der Waals surface area contributed by atoms with Crippen molar-refractivity contribution in [2.24, 2.45) is 0 Å². The minimum Gasteiger partial charge on any atom is -0.492 e. The van der Waals surface area contributed by atoms with Crippen molar-refractivity contribution in [2.75, 3.05) is 13.2 Å². The molecule has 1 aliphatic carbocycles. The average Bonchev–Trinajstić information content (AvgIpc) is 2.63. The van der Waals surface area contributed by atoms with Crippen LogP contribution in [-0.4, -0.2) is 46.7 Å². The van der Waals surface area contributed by atoms with Crippen LogP contribution < -0.4 is 10.1 Å². The van der Waals surface area contributed by atoms with Crippen LogP contribution in [0.2, 0.25) is 5.02 Å². The predicted molar refractivity (Wildman–Crippen MR) is 75.2 cm³/mol. The summed E-state index contributed by atoms with van der Waals surface area (Å²) in [5.41, 5.74) is -0.896. The van der Waals surface area contributed by atoms with Crippen molar-refractivity contribution in [2.45, 2.75) is 24.5 Å². The number of nitrogens with one attached hydrogen (secondary N) is 1. The van der Waals surface area contributed by atoms with Gasteiger partial charge in [0.2, 0.25) is 0 Å². The lowest BCUT2D eigenvalue weighted by molar-refractivity contribution is -0.138. The maximum atomic E-state index is 12.2. The molecule has 2 fully saturated rings. The van der Waals surface area contributed by atoms with Crippen molar-refractivity contribution in [3.05, 3.63) is 29.3 Å². The van der Waals surface area contributed by atoms with Crippen molar-refractivity contribution >= 4 is 23.5 Å². The van der Waals surface area contributed by atoms with E-state index in [-0.39, 0.29) is 31.9 Å². The number of urea groups is 1. The Labute approximate surface area is 126 Å². The van der Waals surface area contributed by atoms with Crippen LogP contribution in [0, 0.1) is 0 Å². The third-order valence-corrected chi connectivity index (χ3v) is 4.03. The quantitative estimate of drug-likeness (QED) is 0.818. The van der Waals surface area contributed by atoms with E-state index >= 15 is 0 Å². The molecular formula is C14H15ClN2O4. The van der Waals surface area contributed by atoms with E-state index in [1.165, 1.54) is 0 Å². The first-order valence-corrected chi connectivity index (χ1v) is 7.08. The first-order valence-electron chi connectivity index (χ1n) is 6.71. The SMILES string of the molecule is O=C1NC2(CC(O)C2)C(=O)N1CCOc1cccc(Cl)c1. The fraction of sp³-hybridized carbons (Fsp3) is 0.429. The summed E-state index contributed by atoms with van der Waals surface area (Å²) in [6, 6.07) is 6.48. The standard InChI is InChI=1S/C14H15ClN2O4/c15-9-2-1-3-11(6-9)21-5-4-17-12(19)14(16-13(17)20)7-10(18)8-14/h1-3,6,10,18H,4-5,7-8H2,(H,16,20). The second-order valence-corrected chi connectivity index (χ2v) is 5.77. The van der Waals surface area contributed by atoms with E-state index < -0.39 is 17.7 Å². The highest BCUT2D eigenvalue weighted by atomic mass is 35.5. The van der Waals surface area contributed by atoms with E-state index in [0.717, 1.165) is 4.90 Å². The fourth-order valence-electron chi connectivity index (χ4n) is 2.71. The Kier molecular flexibility index (Phi) is 3.51. The van der Waals surface area contributed by atoms with Crippen molar-refractivity contribution in [3.8, 4) is 5.75 Å². The van der Waals surface area contributed by atoms with Gasteiger partial charge in [-0.25, -0.2) is 4.79 Å². The van der Waals surface area contributed by atoms with Gasteiger partial charge in [0.05, 0.1) is 12.6 Å². The molecular weight excluding hydrogens is 296 g/mol. The fourth-order valence-corrected chi connectivity index (χ4v) is 2.89. The molecule has 1 saturated carbocycles. The lowest BCUT2D eigenvalue weighted by Crippen LogP contribution is -2.59. The molecule has 1 spiro atoms. The Hall–Kier alpha value is -1.79. The van der Waals surface area contributed by atoms with Crippen molar-refractivity contribution in [1.29, 1.82) is 0 Å². The Morgan fingerprint density at radius 2 is 2.19 bits per heavy atom. The highest BCUT2D eigenvalue weighted by molar-refractivity contribution is 6.30. The second kappa shape index (κ2) is 5.20. The zero-order chi connectivity index (χ0) is 15.0. The number of carbonyl (C=O) groups excluding carboxylic acids is 2. The number of aliphatic hydroxyl groups excluding tert-OH is 1. The lowest BCUT2D eigenvalue weighted by atomic mass is 9.74. The summed E-state index contributed by atoms with van der Waals surface area (Å²) in [6.07, 6.45) is 0.0452. The number of amides is 3. The minimum atomic E-state index is -0.896. The molecule has 0 bridgehead atoms. The van der Waals surface area contributed by atoms with E-state index in [0.29, 0.717) is 10.8 Å². The number of imide groups is 1. The highest BCUT2D eigenvalue weighted by Crippen LogP contribution is 2.37. The smallest absolute Gasteiger partial charge is 0.325 e. The number of hydrogen-bond acceptors (Lipinski definition) is 4. The summed E-state index contributed by atoms with van der Waals surface area (Å²) < 4.78 is 5.48. The van der Waals surface area contributed by atoms with E-state index in [1.54, 1.807) is 24.3 Å². The molecule has 21 heavy (non-hydrogen) atoms. The van der Waals surface area contributed by atoms with Gasteiger partial charge in [-0.1, -0.05) is 17.7 Å². The molecule has 1 aromatic carbocycles. The van der Waals surface area contributed by atoms with Crippen LogP contribution in [0.1, 0.15) is 12.8 Å². The third-order valence-electron chi connectivity index (χ3n) is 3.79. The molecule has 2 aliphatic rings. The zero-order valence-electron chi connectivity index (χ0n) is 11.2. The van der Waals surface area contributed by atoms with E-state index in [2.05, 4.69) is 5.32 Å². The topological polar surface area (TPSA) is 78.9 Å². The number of benzene rings is 1. The van der Waals surface area contributed by atoms with Gasteiger partial charge in [-0.05, 0) is 18.2 Å². The second-order valence-electron chi connectivity index (χ2n) is 5.34. The summed E-state index contributed by atoms with van der Waals surface area (Å²) in [4.78, 5) is 25.2. The number of carbonyl (C=O) groups is 2. The average molecular weight is 311 g/mol. The Bertz CT molecular complexity index is 586. The summed E-state index contributed by atoms with van der Waals surface area (Å²) in [5, 5.41) is 12.6. The molecule has 1 aromatic rings. The van der Waals surface area contributed by atoms with Crippen LogP contribution in [0.4, 0.5) is 4.79 Å². The zero-order valence-corrected chi connectivity index (χ0v) is 12.0. The summed E-state index contributed by atoms with van der Waals surface area (Å²) >= 11 is 5.84. The first kappa shape index (κ1) is 14.2. The molecule has 112 valence electrons. The Morgan fingerprint density at radius 3 is 2.86 bits per heavy atom. The molecule has 2 N–H and O–H groups in total. The number of nitrogens with zero attached hydrogens (tertiary/aromatic N) is 1. The molecule has 3 amide bonds. The maximum absolute atomic E-state index is 12.2. The number of hydrogen-bond donors (Lipinski definition) is 2. The van der Waals surface area contributed by atoms with Crippen molar-refractivity contribution in [3.63, 3.8) is 0 Å². The monoisotopic (exact) mass is 310 g/mol. The van der Waals surface area contributed by atoms with Crippen LogP contribution in [0.25, 0.3) is 0 Å². The van der Waals surface area contributed by atoms with Gasteiger partial charge >= 0.3 is 6.03 Å². The first-order chi connectivity index (χ1) is 10.00. The molecule has 0 radical (unpaired) electrons. The molecule has 3 rings (SSSR count). The largest absolute Gasteiger partial charge is 0.492 e. The number of halogens is 1. The Morgan fingerprint density at radius 1 is 1.43 bits per heavy atom.